The third-order valence-corrected chi connectivity index (χ3v) is 1.68. The zero-order valence-corrected chi connectivity index (χ0v) is 7.46. The smallest absolute Gasteiger partial charge is 0.311 e. The summed E-state index contributed by atoms with van der Waals surface area (Å²) in [5, 5.41) is 24.5. The lowest BCUT2D eigenvalue weighted by atomic mass is 10.0. The predicted octanol–water partition coefficient (Wildman–Crippen LogP) is 0.329. The summed E-state index contributed by atoms with van der Waals surface area (Å²) in [7, 11) is 0. The van der Waals surface area contributed by atoms with Crippen molar-refractivity contribution in [1.82, 2.24) is 0 Å². The van der Waals surface area contributed by atoms with Gasteiger partial charge in [-0.2, -0.15) is 0 Å². The number of alkyl halides is 5. The molecular formula is C7H11F5O3. The van der Waals surface area contributed by atoms with Crippen LogP contribution in [-0.2, 0) is 0 Å². The van der Waals surface area contributed by atoms with E-state index in [1.165, 1.54) is 0 Å². The van der Waals surface area contributed by atoms with Crippen molar-refractivity contribution in [3.8, 4) is 0 Å². The SMILES string of the molecule is OC(O)(O)C(F)C(F)C(F)C(F)CCF. The molecule has 0 bridgehead atoms. The molecule has 4 unspecified atom stereocenters. The summed E-state index contributed by atoms with van der Waals surface area (Å²) in [4.78, 5) is 0. The maximum absolute atomic E-state index is 12.7. The quantitative estimate of drug-likeness (QED) is 0.461. The van der Waals surface area contributed by atoms with Crippen LogP contribution in [0, 0.1) is 0 Å². The number of hydrogen-bond donors (Lipinski definition) is 3. The Kier molecular flexibility index (Phi) is 5.39. The van der Waals surface area contributed by atoms with Crippen LogP contribution in [0.4, 0.5) is 22.0 Å². The highest BCUT2D eigenvalue weighted by Gasteiger charge is 2.46. The van der Waals surface area contributed by atoms with Gasteiger partial charge in [0.2, 0.25) is 6.17 Å². The van der Waals surface area contributed by atoms with Crippen molar-refractivity contribution in [3.63, 3.8) is 0 Å². The van der Waals surface area contributed by atoms with E-state index in [0.717, 1.165) is 0 Å². The van der Waals surface area contributed by atoms with Gasteiger partial charge < -0.3 is 15.3 Å². The molecule has 0 amide bonds. The van der Waals surface area contributed by atoms with Crippen LogP contribution in [-0.4, -0.2) is 52.7 Å². The molecule has 0 fully saturated rings. The molecule has 8 heteroatoms. The topological polar surface area (TPSA) is 60.7 Å². The highest BCUT2D eigenvalue weighted by molar-refractivity contribution is 4.85. The number of aliphatic hydroxyl groups is 3. The molecule has 0 aliphatic carbocycles. The van der Waals surface area contributed by atoms with Crippen LogP contribution in [0.5, 0.6) is 0 Å². The maximum atomic E-state index is 12.7. The highest BCUT2D eigenvalue weighted by Crippen LogP contribution is 2.23. The summed E-state index contributed by atoms with van der Waals surface area (Å²) < 4.78 is 61.9. The zero-order valence-electron chi connectivity index (χ0n) is 7.46. The molecule has 0 aliphatic heterocycles. The van der Waals surface area contributed by atoms with Gasteiger partial charge in [0.05, 0.1) is 6.67 Å². The van der Waals surface area contributed by atoms with Gasteiger partial charge >= 0.3 is 5.97 Å². The molecule has 0 spiro atoms. The van der Waals surface area contributed by atoms with Crippen LogP contribution in [0.3, 0.4) is 0 Å². The second kappa shape index (κ2) is 5.57. The van der Waals surface area contributed by atoms with Gasteiger partial charge in [-0.1, -0.05) is 0 Å². The van der Waals surface area contributed by atoms with E-state index in [-0.39, 0.29) is 0 Å². The summed E-state index contributed by atoms with van der Waals surface area (Å²) in [6.07, 6.45) is -13.4. The summed E-state index contributed by atoms with van der Waals surface area (Å²) in [6.45, 7) is -1.27. The van der Waals surface area contributed by atoms with Crippen molar-refractivity contribution < 1.29 is 37.3 Å². The summed E-state index contributed by atoms with van der Waals surface area (Å²) in [5.41, 5.74) is 0. The number of hydrogen-bond acceptors (Lipinski definition) is 3. The van der Waals surface area contributed by atoms with E-state index in [1.807, 2.05) is 0 Å². The Morgan fingerprint density at radius 2 is 1.40 bits per heavy atom. The molecule has 3 N–H and O–H groups in total. The minimum absolute atomic E-state index is 0.983. The fourth-order valence-corrected chi connectivity index (χ4v) is 0.838. The fraction of sp³-hybridized carbons (Fsp3) is 1.00. The average Bonchev–Trinajstić information content (AvgIpc) is 2.13. The first kappa shape index (κ1) is 14.5. The van der Waals surface area contributed by atoms with E-state index in [1.54, 1.807) is 0 Å². The largest absolute Gasteiger partial charge is 0.341 e. The molecular weight excluding hydrogens is 227 g/mol. The summed E-state index contributed by atoms with van der Waals surface area (Å²) in [5.74, 6) is -4.10. The van der Waals surface area contributed by atoms with Gasteiger partial charge in [0, 0.05) is 6.42 Å². The number of halogens is 5. The van der Waals surface area contributed by atoms with Gasteiger partial charge in [0.25, 0.3) is 0 Å². The van der Waals surface area contributed by atoms with Crippen LogP contribution < -0.4 is 0 Å². The molecule has 0 saturated carbocycles. The second-order valence-electron chi connectivity index (χ2n) is 2.97. The van der Waals surface area contributed by atoms with Crippen molar-refractivity contribution in [2.75, 3.05) is 6.67 Å². The molecule has 0 aromatic carbocycles. The first-order valence-electron chi connectivity index (χ1n) is 4.01. The van der Waals surface area contributed by atoms with Gasteiger partial charge in [0.15, 0.2) is 12.3 Å². The lowest BCUT2D eigenvalue weighted by Crippen LogP contribution is -2.49. The maximum Gasteiger partial charge on any atom is 0.311 e. The van der Waals surface area contributed by atoms with E-state index < -0.39 is 43.8 Å². The van der Waals surface area contributed by atoms with Crippen LogP contribution in [0.2, 0.25) is 0 Å². The second-order valence-corrected chi connectivity index (χ2v) is 2.97. The third kappa shape index (κ3) is 4.27. The number of rotatable bonds is 6. The molecule has 0 aromatic heterocycles. The lowest BCUT2D eigenvalue weighted by Gasteiger charge is -2.25. The molecule has 3 nitrogen and oxygen atoms in total. The predicted molar refractivity (Wildman–Crippen MR) is 39.6 cm³/mol. The molecule has 4 atom stereocenters. The van der Waals surface area contributed by atoms with Crippen molar-refractivity contribution in [1.29, 1.82) is 0 Å². The average molecular weight is 238 g/mol. The van der Waals surface area contributed by atoms with E-state index >= 15 is 0 Å². The van der Waals surface area contributed by atoms with Crippen LogP contribution in [0.25, 0.3) is 0 Å². The third-order valence-electron chi connectivity index (χ3n) is 1.68. The highest BCUT2D eigenvalue weighted by atomic mass is 19.2. The van der Waals surface area contributed by atoms with Gasteiger partial charge in [-0.05, 0) is 0 Å². The first-order valence-corrected chi connectivity index (χ1v) is 4.01. The van der Waals surface area contributed by atoms with E-state index in [4.69, 9.17) is 15.3 Å². The Hall–Kier alpha value is -0.470. The van der Waals surface area contributed by atoms with Gasteiger partial charge in [-0.3, -0.25) is 4.39 Å². The van der Waals surface area contributed by atoms with Crippen LogP contribution in [0.15, 0.2) is 0 Å². The van der Waals surface area contributed by atoms with Gasteiger partial charge in [-0.15, -0.1) is 0 Å². The standard InChI is InChI=1S/C7H11F5O3/c8-2-1-3(9)4(10)5(11)6(12)7(13,14)15/h3-6,13-15H,1-2H2. The normalized spacial score (nSPS) is 20.8. The van der Waals surface area contributed by atoms with Crippen LogP contribution in [0.1, 0.15) is 6.42 Å². The van der Waals surface area contributed by atoms with E-state index in [9.17, 15) is 22.0 Å². The molecule has 0 heterocycles. The lowest BCUT2D eigenvalue weighted by molar-refractivity contribution is -0.352. The van der Waals surface area contributed by atoms with Crippen LogP contribution >= 0.6 is 0 Å². The molecule has 92 valence electrons. The minimum Gasteiger partial charge on any atom is -0.341 e. The summed E-state index contributed by atoms with van der Waals surface area (Å²) >= 11 is 0. The molecule has 15 heavy (non-hydrogen) atoms. The van der Waals surface area contributed by atoms with Crippen molar-refractivity contribution in [2.24, 2.45) is 0 Å². The van der Waals surface area contributed by atoms with Gasteiger partial charge in [0.1, 0.15) is 6.17 Å². The minimum atomic E-state index is -4.10. The molecule has 0 rings (SSSR count). The van der Waals surface area contributed by atoms with Crippen molar-refractivity contribution in [2.45, 2.75) is 37.1 Å². The molecule has 0 radical (unpaired) electrons. The Labute approximate surface area is 82.1 Å². The first-order chi connectivity index (χ1) is 6.71. The van der Waals surface area contributed by atoms with Crippen molar-refractivity contribution in [3.05, 3.63) is 0 Å². The Balaban J connectivity index is 4.36. The monoisotopic (exact) mass is 238 g/mol. The van der Waals surface area contributed by atoms with E-state index in [0.29, 0.717) is 0 Å². The van der Waals surface area contributed by atoms with Gasteiger partial charge in [-0.25, -0.2) is 17.6 Å². The fourth-order valence-electron chi connectivity index (χ4n) is 0.838. The molecule has 0 aromatic rings. The van der Waals surface area contributed by atoms with E-state index in [2.05, 4.69) is 0 Å². The van der Waals surface area contributed by atoms with Crippen molar-refractivity contribution >= 4 is 0 Å². The zero-order chi connectivity index (χ0) is 12.2. The Bertz CT molecular complexity index is 186. The Morgan fingerprint density at radius 1 is 0.933 bits per heavy atom. The molecule has 0 saturated heterocycles. The summed E-state index contributed by atoms with van der Waals surface area (Å²) in [6, 6.07) is 0. The Morgan fingerprint density at radius 3 is 1.73 bits per heavy atom. The molecule has 0 aliphatic rings.